The lowest BCUT2D eigenvalue weighted by Crippen LogP contribution is -3.08. The Balaban J connectivity index is 2.75. The number of alkyl halides is 16. The topological polar surface area (TPSA) is 20.2 Å². The van der Waals surface area contributed by atoms with Gasteiger partial charge in [-0.15, -0.1) is 0 Å². The van der Waals surface area contributed by atoms with Crippen LogP contribution in [0.25, 0.3) is 0 Å². The molecule has 170 valence electrons. The highest BCUT2D eigenvalue weighted by atomic mass is 19.3. The number of aliphatic hydroxyl groups excluding tert-OH is 1. The van der Waals surface area contributed by atoms with Crippen LogP contribution in [0.4, 0.5) is 70.2 Å². The number of halogens is 16. The summed E-state index contributed by atoms with van der Waals surface area (Å²) < 4.78 is 227. The zero-order valence-corrected chi connectivity index (χ0v) is 12.8. The Morgan fingerprint density at radius 3 is 0.828 bits per heavy atom. The van der Waals surface area contributed by atoms with Crippen LogP contribution in [0.3, 0.4) is 0 Å². The van der Waals surface area contributed by atoms with Gasteiger partial charge < -0.3 is 5.11 Å². The van der Waals surface area contributed by atoms with E-state index in [1.165, 1.54) is 0 Å². The SMILES string of the molecule is OCC(F)C12C(F)(F)C3(F)C(F)(F)C(F)(C(F)(F)C(F)(C3(F)F)C1(F)F)C2(F)F. The molecular formula is C12H4F16O. The van der Waals surface area contributed by atoms with Crippen molar-refractivity contribution in [3.63, 3.8) is 0 Å². The standard InChI is InChI=1S/C12H4F16O/c13-2(1-29)3-7(17,18)4(14)10(23,24)5(15,8(3,19)20)12(27,28)6(16,9(3,21)22)11(4,25)26/h2,29H,1H2. The highest BCUT2D eigenvalue weighted by Crippen LogP contribution is 2.91. The Morgan fingerprint density at radius 1 is 0.448 bits per heavy atom. The molecule has 0 aliphatic heterocycles. The van der Waals surface area contributed by atoms with Gasteiger partial charge in [0, 0.05) is 0 Å². The summed E-state index contributed by atoms with van der Waals surface area (Å²) >= 11 is 0. The summed E-state index contributed by atoms with van der Waals surface area (Å²) in [5.41, 5.74) is -30.7. The molecule has 0 spiro atoms. The third kappa shape index (κ3) is 1.26. The van der Waals surface area contributed by atoms with Gasteiger partial charge in [0.25, 0.3) is 0 Å². The molecule has 0 radical (unpaired) electrons. The van der Waals surface area contributed by atoms with Gasteiger partial charge in [-0.3, -0.25) is 0 Å². The lowest BCUT2D eigenvalue weighted by atomic mass is 9.35. The maximum Gasteiger partial charge on any atom is 0.339 e. The minimum absolute atomic E-state index is 3.08. The van der Waals surface area contributed by atoms with Crippen molar-refractivity contribution in [2.45, 2.75) is 58.7 Å². The van der Waals surface area contributed by atoms with Crippen LogP contribution in [0.15, 0.2) is 0 Å². The highest BCUT2D eigenvalue weighted by molar-refractivity contribution is 5.53. The summed E-state index contributed by atoms with van der Waals surface area (Å²) in [7, 11) is 0. The summed E-state index contributed by atoms with van der Waals surface area (Å²) in [6.07, 6.45) is -5.23. The number of aliphatic hydroxyl groups is 1. The lowest BCUT2D eigenvalue weighted by Gasteiger charge is -2.75. The van der Waals surface area contributed by atoms with E-state index in [1.807, 2.05) is 0 Å². The van der Waals surface area contributed by atoms with Crippen molar-refractivity contribution in [1.82, 2.24) is 0 Å². The van der Waals surface area contributed by atoms with Crippen molar-refractivity contribution < 1.29 is 75.4 Å². The van der Waals surface area contributed by atoms with Gasteiger partial charge >= 0.3 is 52.5 Å². The molecule has 4 aliphatic carbocycles. The molecule has 4 saturated carbocycles. The molecule has 0 saturated heterocycles. The summed E-state index contributed by atoms with van der Waals surface area (Å²) in [6, 6.07) is 0. The van der Waals surface area contributed by atoms with E-state index < -0.39 is 70.7 Å². The second-order valence-electron chi connectivity index (χ2n) is 6.88. The van der Waals surface area contributed by atoms with Gasteiger partial charge in [0.2, 0.25) is 5.41 Å². The molecule has 29 heavy (non-hydrogen) atoms. The quantitative estimate of drug-likeness (QED) is 0.601. The highest BCUT2D eigenvalue weighted by Gasteiger charge is 3.23. The first-order valence-electron chi connectivity index (χ1n) is 7.07. The molecule has 17 heteroatoms. The van der Waals surface area contributed by atoms with E-state index in [9.17, 15) is 70.2 Å². The van der Waals surface area contributed by atoms with Gasteiger partial charge in [0.1, 0.15) is 6.17 Å². The van der Waals surface area contributed by atoms with E-state index in [-0.39, 0.29) is 0 Å². The van der Waals surface area contributed by atoms with Crippen LogP contribution in [-0.2, 0) is 0 Å². The summed E-state index contributed by atoms with van der Waals surface area (Å²) in [5.74, 6) is -47.2. The average molecular weight is 468 g/mol. The van der Waals surface area contributed by atoms with Crippen molar-refractivity contribution in [2.24, 2.45) is 5.41 Å². The number of hydrogen-bond acceptors (Lipinski definition) is 1. The largest absolute Gasteiger partial charge is 0.393 e. The minimum atomic E-state index is -7.94. The minimum Gasteiger partial charge on any atom is -0.393 e. The van der Waals surface area contributed by atoms with Crippen molar-refractivity contribution in [1.29, 1.82) is 0 Å². The zero-order chi connectivity index (χ0) is 23.3. The van der Waals surface area contributed by atoms with Crippen LogP contribution in [-0.4, -0.2) is 70.4 Å². The first-order chi connectivity index (χ1) is 12.5. The van der Waals surface area contributed by atoms with Gasteiger partial charge in [0.05, 0.1) is 6.61 Å². The van der Waals surface area contributed by atoms with Crippen molar-refractivity contribution in [2.75, 3.05) is 6.61 Å². The Morgan fingerprint density at radius 2 is 0.655 bits per heavy atom. The maximum atomic E-state index is 14.5. The maximum absolute atomic E-state index is 14.5. The smallest absolute Gasteiger partial charge is 0.339 e. The molecule has 0 aromatic heterocycles. The molecule has 0 heterocycles. The fraction of sp³-hybridized carbons (Fsp3) is 1.00. The van der Waals surface area contributed by atoms with Crippen molar-refractivity contribution >= 4 is 0 Å². The Kier molecular flexibility index (Phi) is 3.52. The molecule has 4 bridgehead atoms. The van der Waals surface area contributed by atoms with Crippen molar-refractivity contribution in [3.05, 3.63) is 0 Å². The predicted molar refractivity (Wildman–Crippen MR) is 55.6 cm³/mol. The third-order valence-corrected chi connectivity index (χ3v) is 6.01. The van der Waals surface area contributed by atoms with E-state index in [4.69, 9.17) is 5.11 Å². The first-order valence-corrected chi connectivity index (χ1v) is 7.07. The molecule has 0 amide bonds. The van der Waals surface area contributed by atoms with E-state index in [1.54, 1.807) is 0 Å². The molecule has 4 fully saturated rings. The Bertz CT molecular complexity index is 659. The van der Waals surface area contributed by atoms with Gasteiger partial charge in [-0.2, -0.15) is 26.3 Å². The Labute approximate surface area is 147 Å². The van der Waals surface area contributed by atoms with Crippen LogP contribution >= 0.6 is 0 Å². The van der Waals surface area contributed by atoms with E-state index in [2.05, 4.69) is 0 Å². The molecule has 4 rings (SSSR count). The first kappa shape index (κ1) is 22.5. The summed E-state index contributed by atoms with van der Waals surface area (Å²) in [6.45, 7) is -3.08. The molecule has 1 atom stereocenters. The fourth-order valence-electron chi connectivity index (χ4n) is 4.62. The van der Waals surface area contributed by atoms with Crippen LogP contribution in [0.5, 0.6) is 0 Å². The normalized spacial score (nSPS) is 50.4. The molecular weight excluding hydrogens is 464 g/mol. The predicted octanol–water partition coefficient (Wildman–Crippen LogP) is 4.28. The van der Waals surface area contributed by atoms with Crippen molar-refractivity contribution in [3.8, 4) is 0 Å². The monoisotopic (exact) mass is 468 g/mol. The molecule has 1 nitrogen and oxygen atoms in total. The van der Waals surface area contributed by atoms with E-state index in [0.29, 0.717) is 0 Å². The fourth-order valence-corrected chi connectivity index (χ4v) is 4.62. The van der Waals surface area contributed by atoms with Gasteiger partial charge in [-0.1, -0.05) is 0 Å². The molecule has 0 aromatic carbocycles. The van der Waals surface area contributed by atoms with Crippen LogP contribution in [0, 0.1) is 5.41 Å². The van der Waals surface area contributed by atoms with Crippen LogP contribution in [0.2, 0.25) is 0 Å². The van der Waals surface area contributed by atoms with E-state index >= 15 is 0 Å². The van der Waals surface area contributed by atoms with Gasteiger partial charge in [-0.05, 0) is 0 Å². The molecule has 1 N–H and O–H groups in total. The van der Waals surface area contributed by atoms with Gasteiger partial charge in [-0.25, -0.2) is 43.9 Å². The second kappa shape index (κ2) is 4.54. The van der Waals surface area contributed by atoms with E-state index in [0.717, 1.165) is 0 Å². The van der Waals surface area contributed by atoms with Crippen LogP contribution in [0.1, 0.15) is 0 Å². The summed E-state index contributed by atoms with van der Waals surface area (Å²) in [4.78, 5) is 0. The summed E-state index contributed by atoms with van der Waals surface area (Å²) in [5, 5.41) is 8.43. The number of rotatable bonds is 2. The molecule has 4 aliphatic rings. The second-order valence-corrected chi connectivity index (χ2v) is 6.88. The Hall–Kier alpha value is -1.16. The average Bonchev–Trinajstić information content (AvgIpc) is 2.54. The third-order valence-electron chi connectivity index (χ3n) is 6.01. The van der Waals surface area contributed by atoms with Gasteiger partial charge in [0.15, 0.2) is 0 Å². The molecule has 1 unspecified atom stereocenters. The van der Waals surface area contributed by atoms with Crippen LogP contribution < -0.4 is 0 Å². The lowest BCUT2D eigenvalue weighted by molar-refractivity contribution is -0.617. The zero-order valence-electron chi connectivity index (χ0n) is 12.8. The molecule has 0 aromatic rings. The number of hydrogen-bond donors (Lipinski definition) is 1.